The monoisotopic (exact) mass is 502 g/mol. The minimum Gasteiger partial charge on any atom is -0.465 e. The molecule has 0 fully saturated rings. The molecule has 5 nitrogen and oxygen atoms in total. The number of rotatable bonds is 3. The summed E-state index contributed by atoms with van der Waals surface area (Å²) in [7, 11) is 0. The third kappa shape index (κ3) is 3.54. The van der Waals surface area contributed by atoms with Gasteiger partial charge in [-0.2, -0.15) is 5.26 Å². The Hall–Kier alpha value is -2.47. The van der Waals surface area contributed by atoms with Crippen molar-refractivity contribution in [3.63, 3.8) is 0 Å². The zero-order valence-electron chi connectivity index (χ0n) is 13.4. The van der Waals surface area contributed by atoms with Crippen LogP contribution in [0.25, 0.3) is 33.9 Å². The molecular formula is C19H8Br2N2O3S. The summed E-state index contributed by atoms with van der Waals surface area (Å²) in [6.07, 6.45) is 3.14. The Kier molecular flexibility index (Phi) is 4.83. The van der Waals surface area contributed by atoms with Crippen LogP contribution in [-0.4, -0.2) is 4.98 Å². The van der Waals surface area contributed by atoms with Crippen molar-refractivity contribution in [1.29, 1.82) is 5.26 Å². The fourth-order valence-electron chi connectivity index (χ4n) is 2.51. The van der Waals surface area contributed by atoms with Crippen LogP contribution in [0.4, 0.5) is 0 Å². The van der Waals surface area contributed by atoms with Crippen LogP contribution in [0.5, 0.6) is 0 Å². The first-order chi connectivity index (χ1) is 13.0. The van der Waals surface area contributed by atoms with Crippen LogP contribution in [0.2, 0.25) is 0 Å². The van der Waals surface area contributed by atoms with E-state index in [9.17, 15) is 10.1 Å². The van der Waals surface area contributed by atoms with Crippen molar-refractivity contribution in [3.05, 3.63) is 72.1 Å². The van der Waals surface area contributed by atoms with Gasteiger partial charge in [0.05, 0.1) is 27.6 Å². The highest BCUT2D eigenvalue weighted by atomic mass is 79.9. The van der Waals surface area contributed by atoms with Crippen molar-refractivity contribution in [2.45, 2.75) is 0 Å². The number of nitriles is 1. The van der Waals surface area contributed by atoms with E-state index in [-0.39, 0.29) is 0 Å². The van der Waals surface area contributed by atoms with E-state index >= 15 is 0 Å². The minimum absolute atomic E-state index is 0.338. The molecule has 3 aromatic heterocycles. The van der Waals surface area contributed by atoms with Gasteiger partial charge in [-0.15, -0.1) is 11.3 Å². The van der Waals surface area contributed by atoms with E-state index < -0.39 is 5.63 Å². The summed E-state index contributed by atoms with van der Waals surface area (Å²) in [6.45, 7) is 0. The highest BCUT2D eigenvalue weighted by Crippen LogP contribution is 2.31. The Morgan fingerprint density at radius 1 is 1.30 bits per heavy atom. The van der Waals surface area contributed by atoms with E-state index in [2.05, 4.69) is 42.9 Å². The van der Waals surface area contributed by atoms with E-state index in [1.54, 1.807) is 29.7 Å². The molecular weight excluding hydrogens is 496 g/mol. The number of nitrogens with zero attached hydrogens (tertiary/aromatic N) is 2. The second-order valence-electron chi connectivity index (χ2n) is 5.48. The zero-order valence-corrected chi connectivity index (χ0v) is 17.4. The number of thiazole rings is 1. The number of benzene rings is 1. The number of allylic oxidation sites excluding steroid dienone is 1. The lowest BCUT2D eigenvalue weighted by molar-refractivity contribution is 0.557. The van der Waals surface area contributed by atoms with Gasteiger partial charge in [0.2, 0.25) is 0 Å². The Morgan fingerprint density at radius 3 is 2.89 bits per heavy atom. The third-order valence-corrected chi connectivity index (χ3v) is 5.63. The van der Waals surface area contributed by atoms with E-state index in [0.717, 1.165) is 9.86 Å². The normalized spacial score (nSPS) is 11.7. The Labute approximate surface area is 173 Å². The van der Waals surface area contributed by atoms with Gasteiger partial charge in [-0.25, -0.2) is 9.78 Å². The SMILES string of the molecule is N#CC(=Cc1ccco1)c1nc(-c2cc3cc(Br)cc(Br)c3oc2=O)cs1. The maximum Gasteiger partial charge on any atom is 0.345 e. The van der Waals surface area contributed by atoms with Crippen molar-refractivity contribution in [3.8, 4) is 17.3 Å². The number of hydrogen-bond donors (Lipinski definition) is 0. The molecule has 0 N–H and O–H groups in total. The van der Waals surface area contributed by atoms with Crippen LogP contribution in [0, 0.1) is 11.3 Å². The number of fused-ring (bicyclic) bond motifs is 1. The summed E-state index contributed by atoms with van der Waals surface area (Å²) in [5.41, 5.74) is 1.14. The maximum atomic E-state index is 12.4. The van der Waals surface area contributed by atoms with Gasteiger partial charge in [0.15, 0.2) is 5.58 Å². The average molecular weight is 504 g/mol. The van der Waals surface area contributed by atoms with Crippen LogP contribution < -0.4 is 5.63 Å². The molecule has 0 aliphatic rings. The van der Waals surface area contributed by atoms with Crippen molar-refractivity contribution in [2.75, 3.05) is 0 Å². The fraction of sp³-hybridized carbons (Fsp3) is 0. The lowest BCUT2D eigenvalue weighted by atomic mass is 10.1. The zero-order chi connectivity index (χ0) is 19.0. The van der Waals surface area contributed by atoms with Gasteiger partial charge in [-0.1, -0.05) is 15.9 Å². The largest absolute Gasteiger partial charge is 0.465 e. The molecule has 0 amide bonds. The molecule has 132 valence electrons. The summed E-state index contributed by atoms with van der Waals surface area (Å²) in [4.78, 5) is 16.9. The first-order valence-electron chi connectivity index (χ1n) is 7.59. The van der Waals surface area contributed by atoms with Crippen LogP contribution in [-0.2, 0) is 0 Å². The topological polar surface area (TPSA) is 80.0 Å². The van der Waals surface area contributed by atoms with E-state index in [0.29, 0.717) is 37.7 Å². The molecule has 0 bridgehead atoms. The second kappa shape index (κ2) is 7.27. The quantitative estimate of drug-likeness (QED) is 0.249. The lowest BCUT2D eigenvalue weighted by Crippen LogP contribution is -2.03. The highest BCUT2D eigenvalue weighted by Gasteiger charge is 2.15. The van der Waals surface area contributed by atoms with Gasteiger partial charge >= 0.3 is 5.63 Å². The van der Waals surface area contributed by atoms with Gasteiger partial charge in [0.25, 0.3) is 0 Å². The smallest absolute Gasteiger partial charge is 0.345 e. The van der Waals surface area contributed by atoms with Crippen molar-refractivity contribution < 1.29 is 8.83 Å². The number of halogens is 2. The Morgan fingerprint density at radius 2 is 2.15 bits per heavy atom. The number of hydrogen-bond acceptors (Lipinski definition) is 6. The fourth-order valence-corrected chi connectivity index (χ4v) is 4.64. The van der Waals surface area contributed by atoms with Crippen molar-refractivity contribution in [2.24, 2.45) is 0 Å². The summed E-state index contributed by atoms with van der Waals surface area (Å²) in [5, 5.41) is 12.4. The molecule has 0 radical (unpaired) electrons. The molecule has 4 rings (SSSR count). The highest BCUT2D eigenvalue weighted by molar-refractivity contribution is 9.11. The summed E-state index contributed by atoms with van der Waals surface area (Å²) in [6, 6.07) is 11.0. The predicted octanol–water partition coefficient (Wildman–Crippen LogP) is 6.10. The van der Waals surface area contributed by atoms with Gasteiger partial charge < -0.3 is 8.83 Å². The molecule has 3 heterocycles. The molecule has 1 aromatic carbocycles. The van der Waals surface area contributed by atoms with Gasteiger partial charge in [-0.05, 0) is 46.3 Å². The average Bonchev–Trinajstić information content (AvgIpc) is 3.31. The van der Waals surface area contributed by atoms with Crippen LogP contribution >= 0.6 is 43.2 Å². The second-order valence-corrected chi connectivity index (χ2v) is 8.10. The van der Waals surface area contributed by atoms with Crippen molar-refractivity contribution >= 4 is 65.8 Å². The maximum absolute atomic E-state index is 12.4. The van der Waals surface area contributed by atoms with Gasteiger partial charge in [0, 0.05) is 21.3 Å². The standard InChI is InChI=1S/C19H8Br2N2O3S/c20-12-4-10-6-14(19(24)26-17(10)15(21)7-12)16-9-27-18(23-16)11(8-22)5-13-2-1-3-25-13/h1-7,9H. The summed E-state index contributed by atoms with van der Waals surface area (Å²) < 4.78 is 12.2. The van der Waals surface area contributed by atoms with Gasteiger partial charge in [-0.3, -0.25) is 0 Å². The molecule has 0 atom stereocenters. The Balaban J connectivity index is 1.80. The molecule has 0 aliphatic heterocycles. The molecule has 0 unspecified atom stereocenters. The third-order valence-electron chi connectivity index (χ3n) is 3.71. The van der Waals surface area contributed by atoms with Crippen LogP contribution in [0.3, 0.4) is 0 Å². The van der Waals surface area contributed by atoms with E-state index in [1.165, 1.54) is 17.6 Å². The lowest BCUT2D eigenvalue weighted by Gasteiger charge is -2.03. The molecule has 27 heavy (non-hydrogen) atoms. The minimum atomic E-state index is -0.490. The van der Waals surface area contributed by atoms with E-state index in [4.69, 9.17) is 8.83 Å². The number of aromatic nitrogens is 1. The van der Waals surface area contributed by atoms with Crippen LogP contribution in [0.15, 0.2) is 64.5 Å². The number of furan rings is 1. The Bertz CT molecular complexity index is 1280. The van der Waals surface area contributed by atoms with Crippen molar-refractivity contribution in [1.82, 2.24) is 4.98 Å². The molecule has 8 heteroatoms. The first kappa shape index (κ1) is 17.9. The van der Waals surface area contributed by atoms with E-state index in [1.807, 2.05) is 12.1 Å². The molecule has 0 saturated carbocycles. The first-order valence-corrected chi connectivity index (χ1v) is 10.1. The summed E-state index contributed by atoms with van der Waals surface area (Å²) in [5.74, 6) is 0.559. The van der Waals surface area contributed by atoms with Crippen LogP contribution in [0.1, 0.15) is 10.8 Å². The molecule has 0 saturated heterocycles. The molecule has 4 aromatic rings. The van der Waals surface area contributed by atoms with Gasteiger partial charge in [0.1, 0.15) is 16.8 Å². The predicted molar refractivity (Wildman–Crippen MR) is 111 cm³/mol. The summed E-state index contributed by atoms with van der Waals surface area (Å²) >= 11 is 8.10. The molecule has 0 aliphatic carbocycles. The molecule has 0 spiro atoms.